The van der Waals surface area contributed by atoms with Crippen LogP contribution in [-0.4, -0.2) is 35.2 Å². The molecule has 0 saturated carbocycles. The Kier molecular flexibility index (Phi) is 6.17. The molecule has 1 atom stereocenters. The minimum absolute atomic E-state index is 0.131. The van der Waals surface area contributed by atoms with Gasteiger partial charge in [-0.25, -0.2) is 4.79 Å². The van der Waals surface area contributed by atoms with Crippen molar-refractivity contribution in [1.82, 2.24) is 4.90 Å². The van der Waals surface area contributed by atoms with E-state index in [2.05, 4.69) is 5.32 Å². The number of rotatable bonds is 4. The van der Waals surface area contributed by atoms with Gasteiger partial charge in [0.15, 0.2) is 0 Å². The molecule has 2 aromatic rings. The van der Waals surface area contributed by atoms with Crippen LogP contribution in [0.2, 0.25) is 5.02 Å². The molecule has 0 bridgehead atoms. The van der Waals surface area contributed by atoms with E-state index in [1.54, 1.807) is 11.0 Å². The fourth-order valence-corrected chi connectivity index (χ4v) is 3.60. The van der Waals surface area contributed by atoms with Crippen LogP contribution < -0.4 is 5.32 Å². The Morgan fingerprint density at radius 2 is 1.92 bits per heavy atom. The summed E-state index contributed by atoms with van der Waals surface area (Å²) in [5.74, 6) is 0.224. The second-order valence-corrected chi connectivity index (χ2v) is 7.40. The zero-order valence-corrected chi connectivity index (χ0v) is 15.7. The van der Waals surface area contributed by atoms with Crippen LogP contribution in [-0.2, 0) is 6.42 Å². The average molecular weight is 373 g/mol. The zero-order valence-electron chi connectivity index (χ0n) is 15.0. The first-order valence-corrected chi connectivity index (χ1v) is 9.45. The third kappa shape index (κ3) is 4.77. The van der Waals surface area contributed by atoms with Crippen LogP contribution in [0.1, 0.15) is 24.0 Å². The maximum absolute atomic E-state index is 12.5. The Bertz CT molecular complexity index is 743. The maximum Gasteiger partial charge on any atom is 0.321 e. The summed E-state index contributed by atoms with van der Waals surface area (Å²) in [4.78, 5) is 14.3. The summed E-state index contributed by atoms with van der Waals surface area (Å²) in [6, 6.07) is 15.5. The minimum atomic E-state index is -0.367. The summed E-state index contributed by atoms with van der Waals surface area (Å²) in [5.41, 5.74) is 2.84. The molecule has 0 aromatic heterocycles. The minimum Gasteiger partial charge on any atom is -0.392 e. The van der Waals surface area contributed by atoms with Crippen molar-refractivity contribution >= 4 is 23.3 Å². The second-order valence-electron chi connectivity index (χ2n) is 7.00. The van der Waals surface area contributed by atoms with Crippen molar-refractivity contribution in [3.05, 3.63) is 64.7 Å². The van der Waals surface area contributed by atoms with E-state index in [9.17, 15) is 9.90 Å². The first kappa shape index (κ1) is 18.7. The summed E-state index contributed by atoms with van der Waals surface area (Å²) in [5, 5.41) is 14.0. The van der Waals surface area contributed by atoms with Crippen molar-refractivity contribution in [2.75, 3.05) is 18.4 Å². The number of nitrogens with zero attached hydrogens (tertiary/aromatic N) is 1. The number of urea groups is 1. The lowest BCUT2D eigenvalue weighted by molar-refractivity contribution is 0.0689. The summed E-state index contributed by atoms with van der Waals surface area (Å²) in [7, 11) is 0. The number of piperidine rings is 1. The number of halogens is 1. The van der Waals surface area contributed by atoms with Gasteiger partial charge in [-0.05, 0) is 55.4 Å². The predicted molar refractivity (Wildman–Crippen MR) is 106 cm³/mol. The van der Waals surface area contributed by atoms with Gasteiger partial charge in [-0.2, -0.15) is 0 Å². The number of benzene rings is 2. The van der Waals surface area contributed by atoms with Crippen molar-refractivity contribution in [3.63, 3.8) is 0 Å². The largest absolute Gasteiger partial charge is 0.392 e. The Morgan fingerprint density at radius 1 is 1.23 bits per heavy atom. The van der Waals surface area contributed by atoms with Gasteiger partial charge in [0.2, 0.25) is 0 Å². The number of hydrogen-bond donors (Lipinski definition) is 2. The lowest BCUT2D eigenvalue weighted by Crippen LogP contribution is -2.43. The normalized spacial score (nSPS) is 16.3. The first-order valence-electron chi connectivity index (χ1n) is 9.07. The van der Waals surface area contributed by atoms with E-state index in [0.717, 1.165) is 24.0 Å². The Labute approximate surface area is 159 Å². The molecule has 1 heterocycles. The van der Waals surface area contributed by atoms with Gasteiger partial charge in [0.1, 0.15) is 0 Å². The van der Waals surface area contributed by atoms with E-state index in [0.29, 0.717) is 30.2 Å². The van der Waals surface area contributed by atoms with E-state index in [-0.39, 0.29) is 18.1 Å². The number of carbonyl (C=O) groups excluding carboxylic acids is 1. The summed E-state index contributed by atoms with van der Waals surface area (Å²) in [6.45, 7) is 3.25. The maximum atomic E-state index is 12.5. The van der Waals surface area contributed by atoms with Crippen LogP contribution >= 0.6 is 11.6 Å². The highest BCUT2D eigenvalue weighted by Crippen LogP contribution is 2.26. The second kappa shape index (κ2) is 8.56. The molecule has 138 valence electrons. The van der Waals surface area contributed by atoms with E-state index < -0.39 is 0 Å². The van der Waals surface area contributed by atoms with Crippen molar-refractivity contribution in [2.24, 2.45) is 5.92 Å². The molecule has 1 aliphatic heterocycles. The van der Waals surface area contributed by atoms with Gasteiger partial charge < -0.3 is 15.3 Å². The summed E-state index contributed by atoms with van der Waals surface area (Å²) in [6.07, 6.45) is 1.91. The van der Waals surface area contributed by atoms with E-state index in [1.165, 1.54) is 0 Å². The van der Waals surface area contributed by atoms with Gasteiger partial charge in [-0.3, -0.25) is 0 Å². The number of aliphatic hydroxyl groups is 1. The zero-order chi connectivity index (χ0) is 18.5. The van der Waals surface area contributed by atoms with Gasteiger partial charge in [0.25, 0.3) is 0 Å². The lowest BCUT2D eigenvalue weighted by atomic mass is 9.88. The topological polar surface area (TPSA) is 52.6 Å². The van der Waals surface area contributed by atoms with Crippen molar-refractivity contribution in [2.45, 2.75) is 32.3 Å². The molecule has 1 fully saturated rings. The molecular weight excluding hydrogens is 348 g/mol. The molecular formula is C21H25ClN2O2. The number of carbonyl (C=O) groups is 1. The number of aliphatic hydroxyl groups excluding tert-OH is 1. The molecule has 2 aromatic carbocycles. The molecule has 0 spiro atoms. The standard InChI is InChI=1S/C21H25ClN2O2/c1-15-7-8-18(22)19(13-15)23-21(26)24-11-9-17(10-12-24)20(25)14-16-5-3-2-4-6-16/h2-8,13,17,20,25H,9-12,14H2,1H3,(H,23,26). The first-order chi connectivity index (χ1) is 12.5. The smallest absolute Gasteiger partial charge is 0.321 e. The molecule has 2 amide bonds. The highest BCUT2D eigenvalue weighted by molar-refractivity contribution is 6.33. The lowest BCUT2D eigenvalue weighted by Gasteiger charge is -2.34. The van der Waals surface area contributed by atoms with Crippen molar-refractivity contribution in [3.8, 4) is 0 Å². The number of likely N-dealkylation sites (tertiary alicyclic amines) is 1. The molecule has 3 rings (SSSR count). The van der Waals surface area contributed by atoms with Crippen molar-refractivity contribution in [1.29, 1.82) is 0 Å². The molecule has 5 heteroatoms. The quantitative estimate of drug-likeness (QED) is 0.830. The predicted octanol–water partition coefficient (Wildman–Crippen LogP) is 4.50. The Hall–Kier alpha value is -2.04. The van der Waals surface area contributed by atoms with Crippen LogP contribution in [0.15, 0.2) is 48.5 Å². The van der Waals surface area contributed by atoms with Crippen LogP contribution in [0, 0.1) is 12.8 Å². The van der Waals surface area contributed by atoms with Crippen LogP contribution in [0.5, 0.6) is 0 Å². The van der Waals surface area contributed by atoms with Crippen LogP contribution in [0.25, 0.3) is 0 Å². The van der Waals surface area contributed by atoms with Gasteiger partial charge in [-0.15, -0.1) is 0 Å². The van der Waals surface area contributed by atoms with Crippen molar-refractivity contribution < 1.29 is 9.90 Å². The molecule has 1 unspecified atom stereocenters. The van der Waals surface area contributed by atoms with Gasteiger partial charge in [0.05, 0.1) is 16.8 Å². The molecule has 0 aliphatic carbocycles. The molecule has 1 saturated heterocycles. The average Bonchev–Trinajstić information content (AvgIpc) is 2.65. The number of nitrogens with one attached hydrogen (secondary N) is 1. The Morgan fingerprint density at radius 3 is 2.62 bits per heavy atom. The number of hydrogen-bond acceptors (Lipinski definition) is 2. The van der Waals surface area contributed by atoms with Crippen LogP contribution in [0.3, 0.4) is 0 Å². The molecule has 4 nitrogen and oxygen atoms in total. The molecule has 1 aliphatic rings. The summed E-state index contributed by atoms with van der Waals surface area (Å²) < 4.78 is 0. The van der Waals surface area contributed by atoms with Gasteiger partial charge >= 0.3 is 6.03 Å². The molecule has 0 radical (unpaired) electrons. The number of anilines is 1. The Balaban J connectivity index is 1.51. The van der Waals surface area contributed by atoms with Gasteiger partial charge in [-0.1, -0.05) is 48.0 Å². The number of aryl methyl sites for hydroxylation is 1. The molecule has 26 heavy (non-hydrogen) atoms. The van der Waals surface area contributed by atoms with E-state index in [4.69, 9.17) is 11.6 Å². The fourth-order valence-electron chi connectivity index (χ4n) is 3.44. The number of amides is 2. The van der Waals surface area contributed by atoms with E-state index >= 15 is 0 Å². The fraction of sp³-hybridized carbons (Fsp3) is 0.381. The van der Waals surface area contributed by atoms with E-state index in [1.807, 2.05) is 49.4 Å². The summed E-state index contributed by atoms with van der Waals surface area (Å²) >= 11 is 6.15. The third-order valence-electron chi connectivity index (χ3n) is 5.02. The highest BCUT2D eigenvalue weighted by atomic mass is 35.5. The van der Waals surface area contributed by atoms with Crippen LogP contribution in [0.4, 0.5) is 10.5 Å². The SMILES string of the molecule is Cc1ccc(Cl)c(NC(=O)N2CCC(C(O)Cc3ccccc3)CC2)c1. The third-order valence-corrected chi connectivity index (χ3v) is 5.35. The monoisotopic (exact) mass is 372 g/mol. The van der Waals surface area contributed by atoms with Gasteiger partial charge in [0, 0.05) is 13.1 Å². The highest BCUT2D eigenvalue weighted by Gasteiger charge is 2.27. The molecule has 2 N–H and O–H groups in total.